The fourth-order valence-corrected chi connectivity index (χ4v) is 2.09. The van der Waals surface area contributed by atoms with Gasteiger partial charge >= 0.3 is 5.69 Å². The molecule has 0 spiro atoms. The number of nitro groups is 1. The summed E-state index contributed by atoms with van der Waals surface area (Å²) in [7, 11) is 0. The third-order valence-electron chi connectivity index (χ3n) is 3.10. The van der Waals surface area contributed by atoms with Gasteiger partial charge < -0.3 is 10.4 Å². The lowest BCUT2D eigenvalue weighted by atomic mass is 10.2. The van der Waals surface area contributed by atoms with Crippen LogP contribution in [0.3, 0.4) is 0 Å². The van der Waals surface area contributed by atoms with Crippen molar-refractivity contribution in [2.45, 2.75) is 52.5 Å². The predicted octanol–water partition coefficient (Wildman–Crippen LogP) is 2.65. The van der Waals surface area contributed by atoms with E-state index in [0.717, 1.165) is 25.7 Å². The summed E-state index contributed by atoms with van der Waals surface area (Å²) in [6.45, 7) is 6.44. The lowest BCUT2D eigenvalue weighted by molar-refractivity contribution is -0.384. The van der Waals surface area contributed by atoms with Gasteiger partial charge in [0.2, 0.25) is 5.82 Å². The summed E-state index contributed by atoms with van der Waals surface area (Å²) in [5.74, 6) is 0.490. The SMILES string of the molecule is Cc1nn(C(C)C)c(NCCCCCCO)c1[N+](=O)[O-]. The maximum Gasteiger partial charge on any atom is 0.333 e. The Bertz CT molecular complexity index is 443. The average molecular weight is 284 g/mol. The highest BCUT2D eigenvalue weighted by molar-refractivity contribution is 5.59. The third-order valence-corrected chi connectivity index (χ3v) is 3.10. The molecule has 1 aromatic heterocycles. The van der Waals surface area contributed by atoms with Gasteiger partial charge in [-0.05, 0) is 33.6 Å². The molecule has 7 heteroatoms. The fourth-order valence-electron chi connectivity index (χ4n) is 2.09. The van der Waals surface area contributed by atoms with Gasteiger partial charge in [0.25, 0.3) is 0 Å². The van der Waals surface area contributed by atoms with Crippen molar-refractivity contribution in [2.24, 2.45) is 0 Å². The number of aromatic nitrogens is 2. The van der Waals surface area contributed by atoms with Crippen LogP contribution in [0.1, 0.15) is 51.3 Å². The number of anilines is 1. The Balaban J connectivity index is 2.69. The minimum absolute atomic E-state index is 0.0639. The van der Waals surface area contributed by atoms with Crippen molar-refractivity contribution in [3.63, 3.8) is 0 Å². The highest BCUT2D eigenvalue weighted by Gasteiger charge is 2.25. The van der Waals surface area contributed by atoms with Crippen LogP contribution in [-0.4, -0.2) is 33.0 Å². The normalized spacial score (nSPS) is 11.1. The number of aliphatic hydroxyl groups is 1. The molecule has 0 saturated heterocycles. The lowest BCUT2D eigenvalue weighted by Gasteiger charge is -2.11. The van der Waals surface area contributed by atoms with Gasteiger partial charge in [0.15, 0.2) is 0 Å². The number of rotatable bonds is 9. The van der Waals surface area contributed by atoms with Crippen LogP contribution in [0.2, 0.25) is 0 Å². The van der Waals surface area contributed by atoms with E-state index >= 15 is 0 Å². The Morgan fingerprint density at radius 1 is 1.35 bits per heavy atom. The Morgan fingerprint density at radius 3 is 2.55 bits per heavy atom. The topological polar surface area (TPSA) is 93.2 Å². The molecule has 1 heterocycles. The molecule has 20 heavy (non-hydrogen) atoms. The Morgan fingerprint density at radius 2 is 2.00 bits per heavy atom. The summed E-state index contributed by atoms with van der Waals surface area (Å²) < 4.78 is 1.67. The molecule has 7 nitrogen and oxygen atoms in total. The molecule has 2 N–H and O–H groups in total. The second-order valence-corrected chi connectivity index (χ2v) is 5.14. The van der Waals surface area contributed by atoms with E-state index in [9.17, 15) is 10.1 Å². The summed E-state index contributed by atoms with van der Waals surface area (Å²) in [5.41, 5.74) is 0.500. The van der Waals surface area contributed by atoms with Crippen molar-refractivity contribution < 1.29 is 10.0 Å². The zero-order valence-corrected chi connectivity index (χ0v) is 12.4. The van der Waals surface area contributed by atoms with Gasteiger partial charge in [-0.15, -0.1) is 0 Å². The summed E-state index contributed by atoms with van der Waals surface area (Å²) in [4.78, 5) is 10.8. The van der Waals surface area contributed by atoms with Gasteiger partial charge in [-0.25, -0.2) is 4.68 Å². The second kappa shape index (κ2) is 7.84. The molecule has 0 fully saturated rings. The first-order valence-electron chi connectivity index (χ1n) is 7.07. The Hall–Kier alpha value is -1.63. The molecule has 0 bridgehead atoms. The number of aryl methyl sites for hydroxylation is 1. The molecule has 0 aliphatic rings. The van der Waals surface area contributed by atoms with Crippen molar-refractivity contribution in [2.75, 3.05) is 18.5 Å². The summed E-state index contributed by atoms with van der Waals surface area (Å²) >= 11 is 0. The van der Waals surface area contributed by atoms with Gasteiger partial charge in [0.05, 0.1) is 4.92 Å². The molecule has 0 aliphatic heterocycles. The highest BCUT2D eigenvalue weighted by atomic mass is 16.6. The van der Waals surface area contributed by atoms with Gasteiger partial charge in [-0.1, -0.05) is 12.8 Å². The van der Waals surface area contributed by atoms with Crippen LogP contribution in [0.4, 0.5) is 11.5 Å². The molecule has 0 atom stereocenters. The minimum atomic E-state index is -0.380. The van der Waals surface area contributed by atoms with Gasteiger partial charge in [0, 0.05) is 19.2 Å². The maximum absolute atomic E-state index is 11.1. The van der Waals surface area contributed by atoms with Crippen molar-refractivity contribution in [1.82, 2.24) is 9.78 Å². The molecule has 0 saturated carbocycles. The van der Waals surface area contributed by atoms with Gasteiger partial charge in [-0.3, -0.25) is 10.1 Å². The summed E-state index contributed by atoms with van der Waals surface area (Å²) in [6, 6.07) is 0.0688. The van der Waals surface area contributed by atoms with E-state index in [4.69, 9.17) is 5.11 Å². The number of nitrogens with one attached hydrogen (secondary N) is 1. The maximum atomic E-state index is 11.1. The second-order valence-electron chi connectivity index (χ2n) is 5.14. The number of aliphatic hydroxyl groups excluding tert-OH is 1. The molecule has 0 unspecified atom stereocenters. The van der Waals surface area contributed by atoms with Crippen molar-refractivity contribution in [3.05, 3.63) is 15.8 Å². The van der Waals surface area contributed by atoms with Crippen LogP contribution in [-0.2, 0) is 0 Å². The van der Waals surface area contributed by atoms with Crippen LogP contribution in [0, 0.1) is 17.0 Å². The molecule has 1 aromatic rings. The first-order chi connectivity index (χ1) is 9.49. The van der Waals surface area contributed by atoms with Gasteiger partial charge in [-0.2, -0.15) is 5.10 Å². The largest absolute Gasteiger partial charge is 0.396 e. The lowest BCUT2D eigenvalue weighted by Crippen LogP contribution is -2.12. The number of nitrogens with zero attached hydrogens (tertiary/aromatic N) is 3. The van der Waals surface area contributed by atoms with Crippen molar-refractivity contribution in [3.8, 4) is 0 Å². The van der Waals surface area contributed by atoms with E-state index in [1.165, 1.54) is 0 Å². The monoisotopic (exact) mass is 284 g/mol. The van der Waals surface area contributed by atoms with E-state index in [0.29, 0.717) is 18.1 Å². The van der Waals surface area contributed by atoms with Crippen LogP contribution in [0.15, 0.2) is 0 Å². The number of unbranched alkanes of at least 4 members (excludes halogenated alkanes) is 3. The third kappa shape index (κ3) is 4.19. The molecule has 0 aromatic carbocycles. The number of hydrogen-bond donors (Lipinski definition) is 2. The summed E-state index contributed by atoms with van der Waals surface area (Å²) in [6.07, 6.45) is 3.70. The zero-order chi connectivity index (χ0) is 15.1. The van der Waals surface area contributed by atoms with Crippen molar-refractivity contribution in [1.29, 1.82) is 0 Å². The zero-order valence-electron chi connectivity index (χ0n) is 12.4. The van der Waals surface area contributed by atoms with E-state index in [1.807, 2.05) is 13.8 Å². The van der Waals surface area contributed by atoms with E-state index in [1.54, 1.807) is 11.6 Å². The first kappa shape index (κ1) is 16.4. The first-order valence-corrected chi connectivity index (χ1v) is 7.07. The summed E-state index contributed by atoms with van der Waals surface area (Å²) in [5, 5.41) is 27.2. The molecule has 114 valence electrons. The van der Waals surface area contributed by atoms with Crippen molar-refractivity contribution >= 4 is 11.5 Å². The fraction of sp³-hybridized carbons (Fsp3) is 0.769. The van der Waals surface area contributed by atoms with E-state index < -0.39 is 0 Å². The molecule has 0 radical (unpaired) electrons. The highest BCUT2D eigenvalue weighted by Crippen LogP contribution is 2.30. The van der Waals surface area contributed by atoms with Crippen LogP contribution in [0.25, 0.3) is 0 Å². The average Bonchev–Trinajstić information content (AvgIpc) is 2.71. The van der Waals surface area contributed by atoms with Crippen LogP contribution >= 0.6 is 0 Å². The Labute approximate surface area is 119 Å². The predicted molar refractivity (Wildman–Crippen MR) is 78.0 cm³/mol. The molecular weight excluding hydrogens is 260 g/mol. The minimum Gasteiger partial charge on any atom is -0.396 e. The quantitative estimate of drug-likeness (QED) is 0.413. The molecular formula is C13H24N4O3. The van der Waals surface area contributed by atoms with E-state index in [2.05, 4.69) is 10.4 Å². The molecule has 1 rings (SSSR count). The van der Waals surface area contributed by atoms with Gasteiger partial charge in [0.1, 0.15) is 5.69 Å². The molecule has 0 aliphatic carbocycles. The number of hydrogen-bond acceptors (Lipinski definition) is 5. The smallest absolute Gasteiger partial charge is 0.333 e. The van der Waals surface area contributed by atoms with Crippen LogP contribution in [0.5, 0.6) is 0 Å². The van der Waals surface area contributed by atoms with Crippen LogP contribution < -0.4 is 5.32 Å². The Kier molecular flexibility index (Phi) is 6.44. The standard InChI is InChI=1S/C13H24N4O3/c1-10(2)16-13(12(17(19)20)11(3)15-16)14-8-6-4-5-7-9-18/h10,14,18H,4-9H2,1-3H3. The molecule has 0 amide bonds. The van der Waals surface area contributed by atoms with E-state index in [-0.39, 0.29) is 23.3 Å².